The van der Waals surface area contributed by atoms with Crippen LogP contribution >= 0.6 is 0 Å². The number of amides is 1. The van der Waals surface area contributed by atoms with E-state index in [1.165, 1.54) is 19.6 Å². The summed E-state index contributed by atoms with van der Waals surface area (Å²) in [5.41, 5.74) is 0.805. The quantitative estimate of drug-likeness (QED) is 0.479. The Bertz CT molecular complexity index is 788. The first-order valence-corrected chi connectivity index (χ1v) is 7.00. The van der Waals surface area contributed by atoms with Crippen LogP contribution in [-0.2, 0) is 16.1 Å². The van der Waals surface area contributed by atoms with Gasteiger partial charge in [-0.2, -0.15) is 5.26 Å². The van der Waals surface area contributed by atoms with Crippen molar-refractivity contribution in [3.05, 3.63) is 65.8 Å². The Kier molecular flexibility index (Phi) is 5.75. The molecule has 1 aromatic carbocycles. The van der Waals surface area contributed by atoms with E-state index < -0.39 is 5.97 Å². The molecule has 24 heavy (non-hydrogen) atoms. The van der Waals surface area contributed by atoms with Gasteiger partial charge in [-0.25, -0.2) is 4.79 Å². The van der Waals surface area contributed by atoms with Crippen molar-refractivity contribution < 1.29 is 18.7 Å². The molecule has 7 heteroatoms. The second-order valence-electron chi connectivity index (χ2n) is 4.65. The Morgan fingerprint density at radius 1 is 1.33 bits per heavy atom. The van der Waals surface area contributed by atoms with Crippen molar-refractivity contribution in [1.82, 2.24) is 5.32 Å². The first-order chi connectivity index (χ1) is 11.6. The van der Waals surface area contributed by atoms with Crippen LogP contribution in [0, 0.1) is 11.3 Å². The second-order valence-corrected chi connectivity index (χ2v) is 4.65. The van der Waals surface area contributed by atoms with Crippen molar-refractivity contribution in [3.8, 4) is 6.07 Å². The Morgan fingerprint density at radius 3 is 2.83 bits per heavy atom. The molecular formula is C17H15N3O4. The molecule has 0 aliphatic rings. The number of hydrogen-bond acceptors (Lipinski definition) is 6. The van der Waals surface area contributed by atoms with Crippen LogP contribution < -0.4 is 10.6 Å². The average Bonchev–Trinajstić information content (AvgIpc) is 3.13. The number of furan rings is 1. The summed E-state index contributed by atoms with van der Waals surface area (Å²) >= 11 is 0. The molecule has 2 rings (SSSR count). The zero-order valence-corrected chi connectivity index (χ0v) is 12.9. The van der Waals surface area contributed by atoms with Crippen molar-refractivity contribution in [3.63, 3.8) is 0 Å². The van der Waals surface area contributed by atoms with Crippen molar-refractivity contribution in [2.45, 2.75) is 6.54 Å². The maximum Gasteiger partial charge on any atom is 0.350 e. The number of benzene rings is 1. The molecule has 0 radical (unpaired) electrons. The average molecular weight is 325 g/mol. The van der Waals surface area contributed by atoms with E-state index in [2.05, 4.69) is 15.4 Å². The molecule has 0 aliphatic heterocycles. The van der Waals surface area contributed by atoms with E-state index >= 15 is 0 Å². The van der Waals surface area contributed by atoms with Crippen molar-refractivity contribution >= 4 is 17.6 Å². The SMILES string of the molecule is COC(=O)/C(C#N)=C\Nc1cccc(C(=O)NCc2ccco2)c1. The minimum absolute atomic E-state index is 0.176. The molecule has 1 amide bonds. The standard InChI is InChI=1S/C17H15N3O4/c1-23-17(22)13(9-18)10-19-14-5-2-4-12(8-14)16(21)20-11-15-6-3-7-24-15/h2-8,10,19H,11H2,1H3,(H,20,21)/b13-10-. The fourth-order valence-corrected chi connectivity index (χ4v) is 1.84. The molecule has 1 heterocycles. The predicted molar refractivity (Wildman–Crippen MR) is 85.7 cm³/mol. The Hall–Kier alpha value is -3.53. The van der Waals surface area contributed by atoms with Crippen molar-refractivity contribution in [2.24, 2.45) is 0 Å². The molecule has 0 spiro atoms. The van der Waals surface area contributed by atoms with Gasteiger partial charge in [0, 0.05) is 17.5 Å². The zero-order chi connectivity index (χ0) is 17.4. The first kappa shape index (κ1) is 16.8. The highest BCUT2D eigenvalue weighted by Gasteiger charge is 2.09. The van der Waals surface area contributed by atoms with Gasteiger partial charge < -0.3 is 19.8 Å². The maximum atomic E-state index is 12.1. The molecule has 0 saturated carbocycles. The molecule has 122 valence electrons. The molecule has 0 atom stereocenters. The number of carbonyl (C=O) groups excluding carboxylic acids is 2. The number of ether oxygens (including phenoxy) is 1. The number of hydrogen-bond donors (Lipinski definition) is 2. The summed E-state index contributed by atoms with van der Waals surface area (Å²) in [5, 5.41) is 14.4. The molecule has 0 bridgehead atoms. The van der Waals surface area contributed by atoms with Crippen LogP contribution in [0.25, 0.3) is 0 Å². The van der Waals surface area contributed by atoms with E-state index in [0.717, 1.165) is 0 Å². The normalized spacial score (nSPS) is 10.6. The van der Waals surface area contributed by atoms with Crippen LogP contribution in [0.3, 0.4) is 0 Å². The molecule has 2 N–H and O–H groups in total. The molecule has 2 aromatic rings. The maximum absolute atomic E-state index is 12.1. The van der Waals surface area contributed by atoms with Gasteiger partial charge in [-0.15, -0.1) is 0 Å². The highest BCUT2D eigenvalue weighted by Crippen LogP contribution is 2.12. The van der Waals surface area contributed by atoms with E-state index in [9.17, 15) is 9.59 Å². The lowest BCUT2D eigenvalue weighted by Crippen LogP contribution is -2.22. The molecular weight excluding hydrogens is 310 g/mol. The van der Waals surface area contributed by atoms with Gasteiger partial charge in [-0.05, 0) is 30.3 Å². The largest absolute Gasteiger partial charge is 0.467 e. The van der Waals surface area contributed by atoms with Crippen LogP contribution in [0.4, 0.5) is 5.69 Å². The molecule has 0 aliphatic carbocycles. The number of nitrogens with zero attached hydrogens (tertiary/aromatic N) is 1. The molecule has 1 aromatic heterocycles. The Morgan fingerprint density at radius 2 is 2.17 bits per heavy atom. The number of anilines is 1. The minimum Gasteiger partial charge on any atom is -0.467 e. The zero-order valence-electron chi connectivity index (χ0n) is 12.9. The third kappa shape index (κ3) is 4.48. The van der Waals surface area contributed by atoms with E-state index in [4.69, 9.17) is 9.68 Å². The fraction of sp³-hybridized carbons (Fsp3) is 0.118. The highest BCUT2D eigenvalue weighted by atomic mass is 16.5. The van der Waals surface area contributed by atoms with Crippen LogP contribution in [0.2, 0.25) is 0 Å². The lowest BCUT2D eigenvalue weighted by atomic mass is 10.2. The first-order valence-electron chi connectivity index (χ1n) is 7.00. The van der Waals surface area contributed by atoms with Gasteiger partial charge in [0.15, 0.2) is 5.57 Å². The van der Waals surface area contributed by atoms with Crippen LogP contribution in [0.15, 0.2) is 58.9 Å². The van der Waals surface area contributed by atoms with Gasteiger partial charge >= 0.3 is 5.97 Å². The highest BCUT2D eigenvalue weighted by molar-refractivity contribution is 5.95. The summed E-state index contributed by atoms with van der Waals surface area (Å²) in [4.78, 5) is 23.4. The lowest BCUT2D eigenvalue weighted by molar-refractivity contribution is -0.135. The van der Waals surface area contributed by atoms with Gasteiger partial charge in [0.1, 0.15) is 11.8 Å². The van der Waals surface area contributed by atoms with Gasteiger partial charge in [0.25, 0.3) is 5.91 Å². The molecule has 0 saturated heterocycles. The van der Waals surface area contributed by atoms with Crippen LogP contribution in [-0.4, -0.2) is 19.0 Å². The predicted octanol–water partition coefficient (Wildman–Crippen LogP) is 2.20. The number of nitriles is 1. The summed E-state index contributed by atoms with van der Waals surface area (Å²) < 4.78 is 9.62. The minimum atomic E-state index is -0.739. The smallest absolute Gasteiger partial charge is 0.350 e. The number of carbonyl (C=O) groups is 2. The van der Waals surface area contributed by atoms with E-state index in [1.54, 1.807) is 42.5 Å². The number of rotatable bonds is 6. The fourth-order valence-electron chi connectivity index (χ4n) is 1.84. The Labute approximate surface area is 138 Å². The third-order valence-electron chi connectivity index (χ3n) is 3.04. The van der Waals surface area contributed by atoms with Crippen molar-refractivity contribution in [1.29, 1.82) is 5.26 Å². The summed E-state index contributed by atoms with van der Waals surface area (Å²) in [7, 11) is 1.19. The van der Waals surface area contributed by atoms with E-state index in [0.29, 0.717) is 17.0 Å². The number of methoxy groups -OCH3 is 1. The third-order valence-corrected chi connectivity index (χ3v) is 3.04. The van der Waals surface area contributed by atoms with Crippen LogP contribution in [0.5, 0.6) is 0 Å². The molecule has 0 fully saturated rings. The topological polar surface area (TPSA) is 104 Å². The van der Waals surface area contributed by atoms with Gasteiger partial charge in [-0.1, -0.05) is 6.07 Å². The number of esters is 1. The van der Waals surface area contributed by atoms with E-state index in [1.807, 2.05) is 0 Å². The Balaban J connectivity index is 2.03. The monoisotopic (exact) mass is 325 g/mol. The van der Waals surface area contributed by atoms with Gasteiger partial charge in [0.2, 0.25) is 0 Å². The summed E-state index contributed by atoms with van der Waals surface area (Å²) in [5.74, 6) is -0.359. The van der Waals surface area contributed by atoms with E-state index in [-0.39, 0.29) is 18.0 Å². The molecule has 7 nitrogen and oxygen atoms in total. The summed E-state index contributed by atoms with van der Waals surface area (Å²) in [6, 6.07) is 11.9. The second kappa shape index (κ2) is 8.19. The summed E-state index contributed by atoms with van der Waals surface area (Å²) in [6.45, 7) is 0.282. The van der Waals surface area contributed by atoms with Crippen LogP contribution in [0.1, 0.15) is 16.1 Å². The molecule has 0 unspecified atom stereocenters. The van der Waals surface area contributed by atoms with Gasteiger partial charge in [0.05, 0.1) is 19.9 Å². The van der Waals surface area contributed by atoms with Gasteiger partial charge in [-0.3, -0.25) is 4.79 Å². The van der Waals surface area contributed by atoms with Crippen molar-refractivity contribution in [2.75, 3.05) is 12.4 Å². The lowest BCUT2D eigenvalue weighted by Gasteiger charge is -2.06. The summed E-state index contributed by atoms with van der Waals surface area (Å²) in [6.07, 6.45) is 2.76. The number of nitrogens with one attached hydrogen (secondary N) is 2.